The van der Waals surface area contributed by atoms with E-state index in [0.717, 1.165) is 49.9 Å². The molecule has 6 nitrogen and oxygen atoms in total. The number of benzene rings is 2. The largest absolute Gasteiger partial charge is 0.345 e. The molecule has 30 heavy (non-hydrogen) atoms. The fourth-order valence-corrected chi connectivity index (χ4v) is 4.36. The summed E-state index contributed by atoms with van der Waals surface area (Å²) in [4.78, 5) is 26.0. The molecule has 0 bridgehead atoms. The SMILES string of the molecule is O=C(N[C@H](c1ccccc1)[C@H](NC(=O)[C@@H]1CCCN1)c1ccccc1)[C@@H]1CCCN1. The number of amides is 2. The molecule has 2 aliphatic heterocycles. The third kappa shape index (κ3) is 4.89. The first-order chi connectivity index (χ1) is 14.7. The minimum absolute atomic E-state index is 0.0180. The third-order valence-electron chi connectivity index (χ3n) is 6.00. The summed E-state index contributed by atoms with van der Waals surface area (Å²) >= 11 is 0. The fourth-order valence-electron chi connectivity index (χ4n) is 4.36. The molecule has 0 radical (unpaired) electrons. The minimum atomic E-state index is -0.367. The lowest BCUT2D eigenvalue weighted by molar-refractivity contribution is -0.126. The Morgan fingerprint density at radius 1 is 0.700 bits per heavy atom. The van der Waals surface area contributed by atoms with Gasteiger partial charge in [0.2, 0.25) is 11.8 Å². The van der Waals surface area contributed by atoms with Crippen LogP contribution in [0.25, 0.3) is 0 Å². The zero-order chi connectivity index (χ0) is 20.8. The van der Waals surface area contributed by atoms with E-state index in [0.29, 0.717) is 0 Å². The van der Waals surface area contributed by atoms with Gasteiger partial charge in [-0.15, -0.1) is 0 Å². The van der Waals surface area contributed by atoms with E-state index in [4.69, 9.17) is 0 Å². The van der Waals surface area contributed by atoms with Gasteiger partial charge in [0.05, 0.1) is 24.2 Å². The highest BCUT2D eigenvalue weighted by atomic mass is 16.2. The summed E-state index contributed by atoms with van der Waals surface area (Å²) in [5.41, 5.74) is 1.94. The number of hydrogen-bond acceptors (Lipinski definition) is 4. The summed E-state index contributed by atoms with van der Waals surface area (Å²) in [5, 5.41) is 13.0. The van der Waals surface area contributed by atoms with E-state index >= 15 is 0 Å². The van der Waals surface area contributed by atoms with Crippen LogP contribution in [0.2, 0.25) is 0 Å². The Morgan fingerprint density at radius 2 is 1.10 bits per heavy atom. The van der Waals surface area contributed by atoms with Crippen molar-refractivity contribution in [2.45, 2.75) is 49.9 Å². The van der Waals surface area contributed by atoms with Crippen LogP contribution in [0.4, 0.5) is 0 Å². The quantitative estimate of drug-likeness (QED) is 0.568. The first-order valence-corrected chi connectivity index (χ1v) is 10.9. The van der Waals surface area contributed by atoms with E-state index in [9.17, 15) is 9.59 Å². The second-order valence-electron chi connectivity index (χ2n) is 8.09. The summed E-state index contributed by atoms with van der Waals surface area (Å²) in [6.45, 7) is 1.72. The summed E-state index contributed by atoms with van der Waals surface area (Å²) in [6, 6.07) is 18.7. The second-order valence-corrected chi connectivity index (χ2v) is 8.09. The summed E-state index contributed by atoms with van der Waals surface area (Å²) < 4.78 is 0. The molecule has 2 heterocycles. The van der Waals surface area contributed by atoms with Gasteiger partial charge in [0, 0.05) is 0 Å². The Morgan fingerprint density at radius 3 is 1.43 bits per heavy atom. The van der Waals surface area contributed by atoms with Crippen molar-refractivity contribution in [1.29, 1.82) is 0 Å². The van der Waals surface area contributed by atoms with Crippen molar-refractivity contribution in [1.82, 2.24) is 21.3 Å². The van der Waals surface area contributed by atoms with Crippen LogP contribution in [0.5, 0.6) is 0 Å². The summed E-state index contributed by atoms with van der Waals surface area (Å²) in [5.74, 6) is -0.0361. The molecule has 2 aliphatic rings. The van der Waals surface area contributed by atoms with E-state index in [1.54, 1.807) is 0 Å². The molecule has 6 heteroatoms. The monoisotopic (exact) mass is 406 g/mol. The van der Waals surface area contributed by atoms with Crippen LogP contribution in [-0.2, 0) is 9.59 Å². The Balaban J connectivity index is 1.64. The highest BCUT2D eigenvalue weighted by molar-refractivity contribution is 5.84. The molecule has 2 aromatic rings. The lowest BCUT2D eigenvalue weighted by atomic mass is 9.92. The lowest BCUT2D eigenvalue weighted by Gasteiger charge is -2.31. The molecular formula is C24H30N4O2. The molecular weight excluding hydrogens is 376 g/mol. The van der Waals surface area contributed by atoms with Gasteiger partial charge in [-0.05, 0) is 49.9 Å². The van der Waals surface area contributed by atoms with Gasteiger partial charge in [0.15, 0.2) is 0 Å². The van der Waals surface area contributed by atoms with Gasteiger partial charge >= 0.3 is 0 Å². The van der Waals surface area contributed by atoms with Gasteiger partial charge in [-0.1, -0.05) is 60.7 Å². The van der Waals surface area contributed by atoms with Crippen molar-refractivity contribution in [3.05, 3.63) is 71.8 Å². The Bertz CT molecular complexity index is 759. The third-order valence-corrected chi connectivity index (χ3v) is 6.00. The predicted octanol–water partition coefficient (Wildman–Crippen LogP) is 2.21. The van der Waals surface area contributed by atoms with Crippen molar-refractivity contribution in [2.75, 3.05) is 13.1 Å². The molecule has 0 aromatic heterocycles. The standard InChI is InChI=1S/C24H30N4O2/c29-23(19-13-7-15-25-19)27-21(17-9-3-1-4-10-17)22(18-11-5-2-6-12-18)28-24(30)20-14-8-16-26-20/h1-6,9-12,19-22,25-26H,7-8,13-16H2,(H,27,29)(H,28,30)/t19-,20-,21+,22+/m0/s1. The zero-order valence-electron chi connectivity index (χ0n) is 17.1. The molecule has 2 fully saturated rings. The Labute approximate surface area is 177 Å². The van der Waals surface area contributed by atoms with Crippen LogP contribution >= 0.6 is 0 Å². The van der Waals surface area contributed by atoms with E-state index < -0.39 is 0 Å². The predicted molar refractivity (Wildman–Crippen MR) is 117 cm³/mol. The van der Waals surface area contributed by atoms with E-state index in [1.807, 2.05) is 60.7 Å². The maximum absolute atomic E-state index is 13.0. The normalized spacial score (nSPS) is 22.9. The van der Waals surface area contributed by atoms with Gasteiger partial charge in [-0.2, -0.15) is 0 Å². The maximum atomic E-state index is 13.0. The van der Waals surface area contributed by atoms with Crippen LogP contribution in [0.15, 0.2) is 60.7 Å². The molecule has 2 amide bonds. The van der Waals surface area contributed by atoms with E-state index in [-0.39, 0.29) is 36.0 Å². The number of carbonyl (C=O) groups excluding carboxylic acids is 2. The van der Waals surface area contributed by atoms with E-state index in [1.165, 1.54) is 0 Å². The molecule has 0 unspecified atom stereocenters. The Hall–Kier alpha value is -2.70. The van der Waals surface area contributed by atoms with Crippen LogP contribution in [-0.4, -0.2) is 37.0 Å². The first kappa shape index (κ1) is 20.6. The molecule has 4 atom stereocenters. The number of carbonyl (C=O) groups is 2. The first-order valence-electron chi connectivity index (χ1n) is 10.9. The van der Waals surface area contributed by atoms with Gasteiger partial charge in [-0.3, -0.25) is 9.59 Å². The topological polar surface area (TPSA) is 82.3 Å². The highest BCUT2D eigenvalue weighted by Crippen LogP contribution is 2.30. The van der Waals surface area contributed by atoms with Crippen molar-refractivity contribution < 1.29 is 9.59 Å². The van der Waals surface area contributed by atoms with Gasteiger partial charge < -0.3 is 21.3 Å². The zero-order valence-corrected chi connectivity index (χ0v) is 17.1. The van der Waals surface area contributed by atoms with E-state index in [2.05, 4.69) is 21.3 Å². The van der Waals surface area contributed by atoms with Crippen LogP contribution in [0, 0.1) is 0 Å². The molecule has 2 aromatic carbocycles. The summed E-state index contributed by atoms with van der Waals surface area (Å²) in [6.07, 6.45) is 3.67. The summed E-state index contributed by atoms with van der Waals surface area (Å²) in [7, 11) is 0. The van der Waals surface area contributed by atoms with Crippen molar-refractivity contribution in [3.63, 3.8) is 0 Å². The van der Waals surface area contributed by atoms with Crippen LogP contribution < -0.4 is 21.3 Å². The molecule has 4 rings (SSSR count). The van der Waals surface area contributed by atoms with Gasteiger partial charge in [0.1, 0.15) is 0 Å². The molecule has 4 N–H and O–H groups in total. The molecule has 0 saturated carbocycles. The van der Waals surface area contributed by atoms with Crippen LogP contribution in [0.1, 0.15) is 48.9 Å². The molecule has 2 saturated heterocycles. The minimum Gasteiger partial charge on any atom is -0.345 e. The molecule has 0 spiro atoms. The number of rotatable bonds is 7. The van der Waals surface area contributed by atoms with Crippen molar-refractivity contribution in [2.24, 2.45) is 0 Å². The highest BCUT2D eigenvalue weighted by Gasteiger charge is 2.33. The van der Waals surface area contributed by atoms with Gasteiger partial charge in [-0.25, -0.2) is 0 Å². The molecule has 0 aliphatic carbocycles. The number of nitrogens with one attached hydrogen (secondary N) is 4. The van der Waals surface area contributed by atoms with Crippen molar-refractivity contribution in [3.8, 4) is 0 Å². The Kier molecular flexibility index (Phi) is 6.77. The van der Waals surface area contributed by atoms with Crippen LogP contribution in [0.3, 0.4) is 0 Å². The van der Waals surface area contributed by atoms with Gasteiger partial charge in [0.25, 0.3) is 0 Å². The fraction of sp³-hybridized carbons (Fsp3) is 0.417. The average molecular weight is 407 g/mol. The average Bonchev–Trinajstić information content (AvgIpc) is 3.52. The number of hydrogen-bond donors (Lipinski definition) is 4. The lowest BCUT2D eigenvalue weighted by Crippen LogP contribution is -2.49. The van der Waals surface area contributed by atoms with Crippen molar-refractivity contribution >= 4 is 11.8 Å². The second kappa shape index (κ2) is 9.87. The smallest absolute Gasteiger partial charge is 0.237 e. The maximum Gasteiger partial charge on any atom is 0.237 e. The molecule has 158 valence electrons.